The Morgan fingerprint density at radius 2 is 2.00 bits per heavy atom. The van der Waals surface area contributed by atoms with Gasteiger partial charge in [0.25, 0.3) is 0 Å². The second-order valence-corrected chi connectivity index (χ2v) is 8.41. The van der Waals surface area contributed by atoms with Gasteiger partial charge in [-0.3, -0.25) is 4.90 Å². The molecule has 7 heteroatoms. The van der Waals surface area contributed by atoms with Crippen LogP contribution < -0.4 is 5.32 Å². The molecule has 1 fully saturated rings. The van der Waals surface area contributed by atoms with Crippen LogP contribution in [-0.2, 0) is 10.5 Å². The highest BCUT2D eigenvalue weighted by atomic mass is 127. The summed E-state index contributed by atoms with van der Waals surface area (Å²) in [6.45, 7) is 2.12. The minimum atomic E-state index is -3.21. The summed E-state index contributed by atoms with van der Waals surface area (Å²) in [5.41, 5.74) is 1.25. The summed E-state index contributed by atoms with van der Waals surface area (Å²) in [6.07, 6.45) is 0. The van der Waals surface area contributed by atoms with Gasteiger partial charge < -0.3 is 5.32 Å². The zero-order chi connectivity index (χ0) is 18.9. The van der Waals surface area contributed by atoms with E-state index in [-0.39, 0.29) is 12.0 Å². The van der Waals surface area contributed by atoms with Crippen LogP contribution >= 0.6 is 34.2 Å². The van der Waals surface area contributed by atoms with Gasteiger partial charge in [0.15, 0.2) is 0 Å². The number of hydrogen-bond acceptors (Lipinski definition) is 2. The Bertz CT molecular complexity index is 782. The first-order valence-corrected chi connectivity index (χ1v) is 9.73. The highest BCUT2D eigenvalue weighted by Gasteiger charge is 2.33. The first kappa shape index (κ1) is 19.9. The van der Waals surface area contributed by atoms with Gasteiger partial charge in [0, 0.05) is 59.2 Å². The van der Waals surface area contributed by atoms with Crippen molar-refractivity contribution < 1.29 is 13.2 Å². The van der Waals surface area contributed by atoms with Crippen molar-refractivity contribution in [1.29, 1.82) is 0 Å². The van der Waals surface area contributed by atoms with Gasteiger partial charge >= 0.3 is 3.93 Å². The van der Waals surface area contributed by atoms with Gasteiger partial charge in [-0.1, -0.05) is 29.8 Å². The summed E-state index contributed by atoms with van der Waals surface area (Å²) in [7, 11) is 1.97. The Balaban J connectivity index is 1.75. The standard InChI is InChI=1S/C19H19ClF3IN2/c1-26(11-12-5-6-16(17(21)7-12)19(22,23)24)18-10-25-9-15(18)13-3-2-4-14(20)8-13/h2-8,15,18,25H,9-11H2,1H3/t15-,18?/m1/s1. The van der Waals surface area contributed by atoms with Gasteiger partial charge in [0.1, 0.15) is 5.82 Å². The van der Waals surface area contributed by atoms with Crippen molar-refractivity contribution in [3.63, 3.8) is 0 Å². The van der Waals surface area contributed by atoms with Gasteiger partial charge in [-0.05, 0) is 42.4 Å². The molecule has 1 aliphatic heterocycles. The molecule has 2 atom stereocenters. The molecule has 1 aliphatic rings. The van der Waals surface area contributed by atoms with Crippen molar-refractivity contribution in [2.24, 2.45) is 0 Å². The van der Waals surface area contributed by atoms with E-state index in [1.807, 2.05) is 25.2 Å². The molecule has 2 aromatic rings. The molecule has 0 saturated carbocycles. The third-order valence-electron chi connectivity index (χ3n) is 4.80. The third kappa shape index (κ3) is 4.52. The molecule has 3 rings (SSSR count). The van der Waals surface area contributed by atoms with Crippen molar-refractivity contribution >= 4 is 34.2 Å². The van der Waals surface area contributed by atoms with E-state index in [9.17, 15) is 13.2 Å². The molecule has 1 saturated heterocycles. The van der Waals surface area contributed by atoms with E-state index in [4.69, 9.17) is 11.6 Å². The maximum atomic E-state index is 14.0. The molecule has 1 unspecified atom stereocenters. The SMILES string of the molecule is CN(Cc1ccc(C(F)(F)I)c(F)c1)C1CNC[C@@H]1c1cccc(Cl)c1. The summed E-state index contributed by atoms with van der Waals surface area (Å²) in [5, 5.41) is 4.09. The molecule has 1 N–H and O–H groups in total. The molecule has 1 heterocycles. The Labute approximate surface area is 169 Å². The maximum absolute atomic E-state index is 14.0. The molecular formula is C19H19ClF3IN2. The fraction of sp³-hybridized carbons (Fsp3) is 0.368. The summed E-state index contributed by atoms with van der Waals surface area (Å²) in [6, 6.07) is 12.0. The Morgan fingerprint density at radius 3 is 2.65 bits per heavy atom. The lowest BCUT2D eigenvalue weighted by Crippen LogP contribution is -2.36. The zero-order valence-electron chi connectivity index (χ0n) is 14.2. The van der Waals surface area contributed by atoms with Crippen LogP contribution in [0.1, 0.15) is 22.6 Å². The molecule has 26 heavy (non-hydrogen) atoms. The Hall–Kier alpha value is -0.830. The van der Waals surface area contributed by atoms with Gasteiger partial charge in [0.2, 0.25) is 0 Å². The third-order valence-corrected chi connectivity index (χ3v) is 5.61. The first-order chi connectivity index (χ1) is 12.3. The quantitative estimate of drug-likeness (QED) is 0.457. The van der Waals surface area contributed by atoms with Crippen LogP contribution in [0.25, 0.3) is 0 Å². The molecule has 2 nitrogen and oxygen atoms in total. The number of likely N-dealkylation sites (N-methyl/N-ethyl adjacent to an activating group) is 1. The van der Waals surface area contributed by atoms with E-state index < -0.39 is 15.3 Å². The summed E-state index contributed by atoms with van der Waals surface area (Å²) in [5.74, 6) is -0.604. The molecule has 0 aromatic heterocycles. The second-order valence-electron chi connectivity index (χ2n) is 6.61. The predicted molar refractivity (Wildman–Crippen MR) is 107 cm³/mol. The summed E-state index contributed by atoms with van der Waals surface area (Å²) < 4.78 is 37.5. The number of halogens is 5. The van der Waals surface area contributed by atoms with Crippen molar-refractivity contribution in [3.05, 3.63) is 70.0 Å². The fourth-order valence-corrected chi connectivity index (χ4v) is 4.13. The molecule has 140 valence electrons. The molecular weight excluding hydrogens is 476 g/mol. The van der Waals surface area contributed by atoms with E-state index in [1.54, 1.807) is 6.07 Å². The molecule has 0 spiro atoms. The van der Waals surface area contributed by atoms with Crippen molar-refractivity contribution in [3.8, 4) is 0 Å². The number of hydrogen-bond donors (Lipinski definition) is 1. The minimum Gasteiger partial charge on any atom is -0.314 e. The predicted octanol–water partition coefficient (Wildman–Crippen LogP) is 5.15. The average molecular weight is 495 g/mol. The summed E-state index contributed by atoms with van der Waals surface area (Å²) in [4.78, 5) is 2.13. The number of rotatable bonds is 5. The van der Waals surface area contributed by atoms with Crippen molar-refractivity contribution in [1.82, 2.24) is 10.2 Å². The average Bonchev–Trinajstić information content (AvgIpc) is 3.03. The van der Waals surface area contributed by atoms with E-state index in [1.165, 1.54) is 12.1 Å². The van der Waals surface area contributed by atoms with Crippen LogP contribution in [0, 0.1) is 5.82 Å². The number of alkyl halides is 3. The van der Waals surface area contributed by atoms with Crippen molar-refractivity contribution in [2.75, 3.05) is 20.1 Å². The van der Waals surface area contributed by atoms with Gasteiger partial charge in [-0.25, -0.2) is 4.39 Å². The van der Waals surface area contributed by atoms with Gasteiger partial charge in [-0.2, -0.15) is 8.78 Å². The zero-order valence-corrected chi connectivity index (χ0v) is 17.1. The van der Waals surface area contributed by atoms with Gasteiger partial charge in [-0.15, -0.1) is 0 Å². The van der Waals surface area contributed by atoms with Crippen LogP contribution in [0.5, 0.6) is 0 Å². The molecule has 0 amide bonds. The lowest BCUT2D eigenvalue weighted by molar-refractivity contribution is 0.122. The topological polar surface area (TPSA) is 15.3 Å². The maximum Gasteiger partial charge on any atom is 0.324 e. The lowest BCUT2D eigenvalue weighted by atomic mass is 9.93. The Kier molecular flexibility index (Phi) is 6.16. The van der Waals surface area contributed by atoms with Crippen LogP contribution in [-0.4, -0.2) is 31.1 Å². The highest BCUT2D eigenvalue weighted by Crippen LogP contribution is 2.37. The monoisotopic (exact) mass is 494 g/mol. The van der Waals surface area contributed by atoms with Crippen LogP contribution in [0.3, 0.4) is 0 Å². The number of nitrogens with zero attached hydrogens (tertiary/aromatic N) is 1. The number of nitrogens with one attached hydrogen (secondary N) is 1. The number of benzene rings is 2. The van der Waals surface area contributed by atoms with Crippen LogP contribution in [0.15, 0.2) is 42.5 Å². The van der Waals surface area contributed by atoms with E-state index in [0.717, 1.165) is 41.2 Å². The second kappa shape index (κ2) is 8.04. The smallest absolute Gasteiger partial charge is 0.314 e. The van der Waals surface area contributed by atoms with E-state index in [0.29, 0.717) is 17.1 Å². The van der Waals surface area contributed by atoms with Crippen molar-refractivity contribution in [2.45, 2.75) is 22.4 Å². The minimum absolute atomic E-state index is 0.210. The Morgan fingerprint density at radius 1 is 1.23 bits per heavy atom. The largest absolute Gasteiger partial charge is 0.324 e. The lowest BCUT2D eigenvalue weighted by Gasteiger charge is -2.29. The summed E-state index contributed by atoms with van der Waals surface area (Å²) >= 11 is 7.06. The van der Waals surface area contributed by atoms with E-state index >= 15 is 0 Å². The molecule has 0 aliphatic carbocycles. The van der Waals surface area contributed by atoms with E-state index in [2.05, 4.69) is 16.3 Å². The molecule has 0 radical (unpaired) electrons. The fourth-order valence-electron chi connectivity index (χ4n) is 3.50. The first-order valence-electron chi connectivity index (χ1n) is 8.28. The van der Waals surface area contributed by atoms with Crippen LogP contribution in [0.2, 0.25) is 5.02 Å². The highest BCUT2D eigenvalue weighted by molar-refractivity contribution is 14.1. The molecule has 2 aromatic carbocycles. The van der Waals surface area contributed by atoms with Gasteiger partial charge in [0.05, 0.1) is 5.56 Å². The normalized spacial score (nSPS) is 20.7. The molecule has 0 bridgehead atoms. The van der Waals surface area contributed by atoms with Crippen LogP contribution in [0.4, 0.5) is 13.2 Å².